The maximum atomic E-state index is 12.5. The van der Waals surface area contributed by atoms with E-state index >= 15 is 0 Å². The molecule has 0 spiro atoms. The Morgan fingerprint density at radius 2 is 1.62 bits per heavy atom. The molecule has 9 nitrogen and oxygen atoms in total. The van der Waals surface area contributed by atoms with E-state index in [0.29, 0.717) is 5.69 Å². The van der Waals surface area contributed by atoms with Crippen LogP contribution in [0.15, 0.2) is 41.3 Å². The third kappa shape index (κ3) is 3.33. The highest BCUT2D eigenvalue weighted by atomic mass is 32.2. The van der Waals surface area contributed by atoms with Crippen LogP contribution in [0.5, 0.6) is 0 Å². The lowest BCUT2D eigenvalue weighted by atomic mass is 9.82. The highest BCUT2D eigenvalue weighted by molar-refractivity contribution is 7.90. The summed E-state index contributed by atoms with van der Waals surface area (Å²) in [4.78, 5) is 34.7. The van der Waals surface area contributed by atoms with Gasteiger partial charge in [0.15, 0.2) is 0 Å². The van der Waals surface area contributed by atoms with Crippen molar-refractivity contribution in [1.82, 2.24) is 4.72 Å². The topological polar surface area (TPSA) is 139 Å². The van der Waals surface area contributed by atoms with Gasteiger partial charge in [0.1, 0.15) is 5.92 Å². The minimum atomic E-state index is -3.97. The predicted octanol–water partition coefficient (Wildman–Crippen LogP) is 0.104. The van der Waals surface area contributed by atoms with Gasteiger partial charge in [-0.05, 0) is 24.3 Å². The number of rotatable bonds is 5. The average Bonchev–Trinajstić information content (AvgIpc) is 3.15. The van der Waals surface area contributed by atoms with E-state index in [2.05, 4.69) is 5.32 Å². The number of carbonyl (C=O) groups is 3. The minimum Gasteiger partial charge on any atom is -0.481 e. The van der Waals surface area contributed by atoms with Crippen molar-refractivity contribution in [1.29, 1.82) is 0 Å². The zero-order valence-corrected chi connectivity index (χ0v) is 14.4. The Balaban J connectivity index is 1.73. The number of ether oxygens (including phenoxy) is 1. The fraction of sp³-hybridized carbons (Fsp3) is 0.312. The molecule has 2 amide bonds. The van der Waals surface area contributed by atoms with Gasteiger partial charge in [0.05, 0.1) is 23.0 Å². The zero-order chi connectivity index (χ0) is 19.1. The van der Waals surface area contributed by atoms with Crippen molar-refractivity contribution in [3.63, 3.8) is 0 Å². The molecule has 2 aliphatic heterocycles. The molecule has 4 atom stereocenters. The number of carboxylic acid groups (broad SMARTS) is 1. The summed E-state index contributed by atoms with van der Waals surface area (Å²) in [7, 11) is -3.97. The molecule has 1 aromatic carbocycles. The van der Waals surface area contributed by atoms with Crippen LogP contribution in [0.2, 0.25) is 0 Å². The molecule has 0 radical (unpaired) electrons. The SMILES string of the molecule is CC(=O)NS(=O)(=O)c1ccc(NC(=O)[C@@H]2[C@H](C(=O)O)[C@H]3C=C[C@H]2O3)cc1. The van der Waals surface area contributed by atoms with E-state index in [0.717, 1.165) is 6.92 Å². The number of hydrogen-bond acceptors (Lipinski definition) is 6. The summed E-state index contributed by atoms with van der Waals surface area (Å²) in [5.41, 5.74) is 0.299. The number of carboxylic acids is 1. The van der Waals surface area contributed by atoms with Crippen LogP contribution in [0.3, 0.4) is 0 Å². The van der Waals surface area contributed by atoms with Crippen molar-refractivity contribution in [2.24, 2.45) is 11.8 Å². The van der Waals surface area contributed by atoms with Gasteiger partial charge in [-0.15, -0.1) is 0 Å². The van der Waals surface area contributed by atoms with Gasteiger partial charge in [-0.2, -0.15) is 0 Å². The molecule has 10 heteroatoms. The van der Waals surface area contributed by atoms with Crippen molar-refractivity contribution in [3.8, 4) is 0 Å². The minimum absolute atomic E-state index is 0.139. The number of nitrogens with one attached hydrogen (secondary N) is 2. The molecular weight excluding hydrogens is 364 g/mol. The van der Waals surface area contributed by atoms with Crippen molar-refractivity contribution in [2.45, 2.75) is 24.0 Å². The maximum Gasteiger partial charge on any atom is 0.310 e. The Labute approximate surface area is 149 Å². The van der Waals surface area contributed by atoms with Crippen molar-refractivity contribution >= 4 is 33.5 Å². The van der Waals surface area contributed by atoms with Crippen LogP contribution in [0, 0.1) is 11.8 Å². The number of anilines is 1. The number of amides is 2. The highest BCUT2D eigenvalue weighted by Gasteiger charge is 2.53. The van der Waals surface area contributed by atoms with Gasteiger partial charge in [0, 0.05) is 12.6 Å². The summed E-state index contributed by atoms with van der Waals surface area (Å²) in [6.45, 7) is 1.08. The van der Waals surface area contributed by atoms with E-state index in [1.165, 1.54) is 24.3 Å². The fourth-order valence-corrected chi connectivity index (χ4v) is 4.10. The van der Waals surface area contributed by atoms with E-state index in [-0.39, 0.29) is 4.90 Å². The van der Waals surface area contributed by atoms with Gasteiger partial charge in [-0.1, -0.05) is 12.2 Å². The Hall–Kier alpha value is -2.72. The lowest BCUT2D eigenvalue weighted by molar-refractivity contribution is -0.145. The Morgan fingerprint density at radius 1 is 1.04 bits per heavy atom. The van der Waals surface area contributed by atoms with Crippen molar-refractivity contribution in [2.75, 3.05) is 5.32 Å². The maximum absolute atomic E-state index is 12.5. The average molecular weight is 380 g/mol. The predicted molar refractivity (Wildman–Crippen MR) is 88.5 cm³/mol. The fourth-order valence-electron chi connectivity index (χ4n) is 3.11. The number of carbonyl (C=O) groups excluding carboxylic acids is 2. The first-order valence-corrected chi connectivity index (χ1v) is 9.18. The van der Waals surface area contributed by atoms with Crippen LogP contribution in [0.25, 0.3) is 0 Å². The monoisotopic (exact) mass is 380 g/mol. The molecule has 0 aromatic heterocycles. The number of hydrogen-bond donors (Lipinski definition) is 3. The van der Waals surface area contributed by atoms with Crippen LogP contribution in [0.4, 0.5) is 5.69 Å². The zero-order valence-electron chi connectivity index (χ0n) is 13.6. The molecule has 26 heavy (non-hydrogen) atoms. The van der Waals surface area contributed by atoms with E-state index < -0.39 is 51.9 Å². The number of aliphatic carboxylic acids is 1. The Bertz CT molecular complexity index is 892. The molecule has 1 fully saturated rings. The molecule has 1 saturated heterocycles. The molecule has 138 valence electrons. The largest absolute Gasteiger partial charge is 0.481 e. The summed E-state index contributed by atoms with van der Waals surface area (Å²) < 4.78 is 31.0. The number of benzene rings is 1. The number of sulfonamides is 1. The molecule has 2 bridgehead atoms. The standard InChI is InChI=1S/C16H16N2O7S/c1-8(19)18-26(23,24)10-4-2-9(3-5-10)17-15(20)13-11-6-7-12(25-11)14(13)16(21)22/h2-7,11-14H,1H3,(H,17,20)(H,18,19)(H,21,22)/t11-,12-,13+,14-/m1/s1. The second kappa shape index (κ2) is 6.54. The lowest BCUT2D eigenvalue weighted by Gasteiger charge is -2.21. The lowest BCUT2D eigenvalue weighted by Crippen LogP contribution is -2.39. The summed E-state index contributed by atoms with van der Waals surface area (Å²) in [5, 5.41) is 11.9. The van der Waals surface area contributed by atoms with Crippen LogP contribution in [-0.2, 0) is 29.1 Å². The Kier molecular flexibility index (Phi) is 4.55. The summed E-state index contributed by atoms with van der Waals surface area (Å²) in [5.74, 6) is -4.19. The van der Waals surface area contributed by atoms with Gasteiger partial charge in [0.2, 0.25) is 11.8 Å². The van der Waals surface area contributed by atoms with Crippen LogP contribution in [-0.4, -0.2) is 43.5 Å². The summed E-state index contributed by atoms with van der Waals surface area (Å²) in [6.07, 6.45) is 2.07. The molecule has 2 heterocycles. The van der Waals surface area contributed by atoms with Gasteiger partial charge < -0.3 is 15.2 Å². The normalized spacial score (nSPS) is 26.5. The van der Waals surface area contributed by atoms with Crippen molar-refractivity contribution < 1.29 is 32.6 Å². The van der Waals surface area contributed by atoms with Gasteiger partial charge >= 0.3 is 5.97 Å². The first kappa shape index (κ1) is 18.1. The second-order valence-corrected chi connectivity index (χ2v) is 7.70. The first-order valence-electron chi connectivity index (χ1n) is 7.70. The third-order valence-electron chi connectivity index (χ3n) is 4.20. The van der Waals surface area contributed by atoms with Crippen LogP contribution in [0.1, 0.15) is 6.92 Å². The molecule has 0 saturated carbocycles. The molecule has 0 aliphatic carbocycles. The molecular formula is C16H16N2O7S. The van der Waals surface area contributed by atoms with E-state index in [1.54, 1.807) is 12.2 Å². The second-order valence-electron chi connectivity index (χ2n) is 6.02. The number of fused-ring (bicyclic) bond motifs is 2. The smallest absolute Gasteiger partial charge is 0.310 e. The molecule has 3 N–H and O–H groups in total. The van der Waals surface area contributed by atoms with Crippen molar-refractivity contribution in [3.05, 3.63) is 36.4 Å². The van der Waals surface area contributed by atoms with E-state index in [1.807, 2.05) is 4.72 Å². The summed E-state index contributed by atoms with van der Waals surface area (Å²) >= 11 is 0. The third-order valence-corrected chi connectivity index (χ3v) is 5.65. The van der Waals surface area contributed by atoms with Gasteiger partial charge in [0.25, 0.3) is 10.0 Å². The quantitative estimate of drug-likeness (QED) is 0.616. The van der Waals surface area contributed by atoms with Crippen LogP contribution >= 0.6 is 0 Å². The van der Waals surface area contributed by atoms with E-state index in [9.17, 15) is 27.9 Å². The van der Waals surface area contributed by atoms with Gasteiger partial charge in [-0.3, -0.25) is 14.4 Å². The molecule has 3 rings (SSSR count). The van der Waals surface area contributed by atoms with Crippen LogP contribution < -0.4 is 10.0 Å². The highest BCUT2D eigenvalue weighted by Crippen LogP contribution is 2.39. The first-order chi connectivity index (χ1) is 12.2. The Morgan fingerprint density at radius 3 is 2.15 bits per heavy atom. The molecule has 1 aromatic rings. The molecule has 2 aliphatic rings. The van der Waals surface area contributed by atoms with E-state index in [4.69, 9.17) is 4.74 Å². The molecule has 0 unspecified atom stereocenters. The summed E-state index contributed by atoms with van der Waals surface area (Å²) in [6, 6.07) is 5.16. The van der Waals surface area contributed by atoms with Gasteiger partial charge in [-0.25, -0.2) is 13.1 Å².